The fourth-order valence-electron chi connectivity index (χ4n) is 4.03. The van der Waals surface area contributed by atoms with E-state index in [1.807, 2.05) is 6.07 Å². The number of nitrogens with one attached hydrogen (secondary N) is 1. The smallest absolute Gasteiger partial charge is 0.227 e. The maximum Gasteiger partial charge on any atom is 0.227 e. The Bertz CT molecular complexity index is 740. The molecule has 1 amide bonds. The van der Waals surface area contributed by atoms with E-state index in [0.717, 1.165) is 45.4 Å². The van der Waals surface area contributed by atoms with E-state index in [1.165, 1.54) is 22.3 Å². The molecule has 124 valence electrons. The Morgan fingerprint density at radius 3 is 2.62 bits per heavy atom. The minimum absolute atomic E-state index is 0.0447. The van der Waals surface area contributed by atoms with Crippen LogP contribution >= 0.6 is 0 Å². The number of benzene rings is 2. The monoisotopic (exact) mass is 320 g/mol. The normalized spacial score (nSPS) is 19.6. The Hall–Kier alpha value is -2.13. The number of amides is 1. The minimum Gasteiger partial charge on any atom is -0.354 e. The molecule has 2 aromatic carbocycles. The quantitative estimate of drug-likeness (QED) is 0.939. The molecule has 2 aliphatic rings. The number of aryl methyl sites for hydroxylation is 1. The average Bonchev–Trinajstić information content (AvgIpc) is 3.06. The second kappa shape index (κ2) is 6.78. The van der Waals surface area contributed by atoms with E-state index in [4.69, 9.17) is 0 Å². The molecule has 0 unspecified atom stereocenters. The molecule has 0 fully saturated rings. The first kappa shape index (κ1) is 15.4. The number of hydrogen-bond acceptors (Lipinski definition) is 2. The molecule has 1 N–H and O–H groups in total. The van der Waals surface area contributed by atoms with Crippen molar-refractivity contribution in [3.05, 3.63) is 70.8 Å². The lowest BCUT2D eigenvalue weighted by atomic mass is 10.00. The van der Waals surface area contributed by atoms with Gasteiger partial charge in [-0.1, -0.05) is 48.5 Å². The maximum atomic E-state index is 12.5. The summed E-state index contributed by atoms with van der Waals surface area (Å²) in [7, 11) is 0. The Balaban J connectivity index is 1.29. The summed E-state index contributed by atoms with van der Waals surface area (Å²) in [4.78, 5) is 15.0. The second-order valence-corrected chi connectivity index (χ2v) is 6.88. The van der Waals surface area contributed by atoms with Gasteiger partial charge < -0.3 is 5.32 Å². The first-order valence-corrected chi connectivity index (χ1v) is 8.96. The fraction of sp³-hybridized carbons (Fsp3) is 0.381. The van der Waals surface area contributed by atoms with E-state index >= 15 is 0 Å². The zero-order valence-electron chi connectivity index (χ0n) is 14.0. The predicted octanol–water partition coefficient (Wildman–Crippen LogP) is 2.89. The lowest BCUT2D eigenvalue weighted by molar-refractivity contribution is -0.122. The topological polar surface area (TPSA) is 32.3 Å². The van der Waals surface area contributed by atoms with Crippen LogP contribution in [0, 0.1) is 0 Å². The molecule has 0 saturated carbocycles. The number of carbonyl (C=O) groups excluding carboxylic acids is 1. The number of fused-ring (bicyclic) bond motifs is 2. The molecule has 0 saturated heterocycles. The molecule has 1 atom stereocenters. The third kappa shape index (κ3) is 3.09. The summed E-state index contributed by atoms with van der Waals surface area (Å²) in [6.45, 7) is 3.74. The maximum absolute atomic E-state index is 12.5. The van der Waals surface area contributed by atoms with Gasteiger partial charge in [0.1, 0.15) is 0 Å². The van der Waals surface area contributed by atoms with Gasteiger partial charge in [0.2, 0.25) is 5.91 Å². The zero-order valence-corrected chi connectivity index (χ0v) is 14.0. The van der Waals surface area contributed by atoms with E-state index in [9.17, 15) is 4.79 Å². The molecule has 1 aliphatic carbocycles. The molecule has 2 aromatic rings. The van der Waals surface area contributed by atoms with Crippen LogP contribution in [-0.4, -0.2) is 30.4 Å². The summed E-state index contributed by atoms with van der Waals surface area (Å²) >= 11 is 0. The van der Waals surface area contributed by atoms with Crippen molar-refractivity contribution >= 4 is 5.91 Å². The Morgan fingerprint density at radius 1 is 1.00 bits per heavy atom. The SMILES string of the molecule is O=C(NCCN1CCc2ccccc2C1)[C@H]1CCc2ccccc21. The Labute approximate surface area is 143 Å². The molecular weight excluding hydrogens is 296 g/mol. The molecule has 3 nitrogen and oxygen atoms in total. The summed E-state index contributed by atoms with van der Waals surface area (Å²) in [6, 6.07) is 17.0. The first-order valence-electron chi connectivity index (χ1n) is 8.96. The average molecular weight is 320 g/mol. The van der Waals surface area contributed by atoms with Gasteiger partial charge in [0, 0.05) is 26.2 Å². The summed E-state index contributed by atoms with van der Waals surface area (Å²) in [5, 5.41) is 3.16. The van der Waals surface area contributed by atoms with Crippen molar-refractivity contribution in [1.82, 2.24) is 10.2 Å². The van der Waals surface area contributed by atoms with Crippen molar-refractivity contribution in [2.24, 2.45) is 0 Å². The second-order valence-electron chi connectivity index (χ2n) is 6.88. The molecule has 4 rings (SSSR count). The van der Waals surface area contributed by atoms with E-state index < -0.39 is 0 Å². The number of rotatable bonds is 4. The number of nitrogens with zero attached hydrogens (tertiary/aromatic N) is 1. The summed E-state index contributed by atoms with van der Waals surface area (Å²) in [6.07, 6.45) is 3.08. The van der Waals surface area contributed by atoms with Gasteiger partial charge in [0.25, 0.3) is 0 Å². The highest BCUT2D eigenvalue weighted by molar-refractivity contribution is 5.84. The third-order valence-electron chi connectivity index (χ3n) is 5.39. The van der Waals surface area contributed by atoms with Gasteiger partial charge in [0.15, 0.2) is 0 Å². The van der Waals surface area contributed by atoms with Crippen molar-refractivity contribution in [1.29, 1.82) is 0 Å². The van der Waals surface area contributed by atoms with Crippen LogP contribution in [0.15, 0.2) is 48.5 Å². The number of hydrogen-bond donors (Lipinski definition) is 1. The molecule has 24 heavy (non-hydrogen) atoms. The van der Waals surface area contributed by atoms with Crippen LogP contribution in [0.25, 0.3) is 0 Å². The van der Waals surface area contributed by atoms with Crippen molar-refractivity contribution in [2.45, 2.75) is 31.7 Å². The standard InChI is InChI=1S/C21H24N2O/c24-21(20-10-9-17-6-3-4-8-19(17)20)22-12-14-23-13-11-16-5-1-2-7-18(16)15-23/h1-8,20H,9-15H2,(H,22,24)/t20-/m0/s1. The molecule has 0 spiro atoms. The zero-order chi connectivity index (χ0) is 16.4. The van der Waals surface area contributed by atoms with Gasteiger partial charge in [-0.15, -0.1) is 0 Å². The highest BCUT2D eigenvalue weighted by Gasteiger charge is 2.27. The van der Waals surface area contributed by atoms with E-state index in [1.54, 1.807) is 0 Å². The lowest BCUT2D eigenvalue weighted by Gasteiger charge is -2.28. The Kier molecular flexibility index (Phi) is 4.35. The molecule has 1 aliphatic heterocycles. The molecule has 0 bridgehead atoms. The Morgan fingerprint density at radius 2 is 1.75 bits per heavy atom. The number of carbonyl (C=O) groups is 1. The van der Waals surface area contributed by atoms with Crippen molar-refractivity contribution < 1.29 is 4.79 Å². The highest BCUT2D eigenvalue weighted by Crippen LogP contribution is 2.32. The van der Waals surface area contributed by atoms with E-state index in [0.29, 0.717) is 0 Å². The van der Waals surface area contributed by atoms with Gasteiger partial charge in [-0.3, -0.25) is 9.69 Å². The molecule has 1 heterocycles. The van der Waals surface area contributed by atoms with Crippen molar-refractivity contribution in [3.8, 4) is 0 Å². The van der Waals surface area contributed by atoms with Crippen LogP contribution in [0.2, 0.25) is 0 Å². The highest BCUT2D eigenvalue weighted by atomic mass is 16.1. The molecule has 3 heteroatoms. The van der Waals surface area contributed by atoms with Gasteiger partial charge in [-0.2, -0.15) is 0 Å². The van der Waals surface area contributed by atoms with Crippen LogP contribution in [0.3, 0.4) is 0 Å². The summed E-state index contributed by atoms with van der Waals surface area (Å²) in [5.41, 5.74) is 5.47. The van der Waals surface area contributed by atoms with Gasteiger partial charge in [-0.05, 0) is 41.5 Å². The van der Waals surface area contributed by atoms with E-state index in [-0.39, 0.29) is 11.8 Å². The fourth-order valence-corrected chi connectivity index (χ4v) is 4.03. The first-order chi connectivity index (χ1) is 11.8. The van der Waals surface area contributed by atoms with Gasteiger partial charge in [0.05, 0.1) is 5.92 Å². The summed E-state index contributed by atoms with van der Waals surface area (Å²) in [5.74, 6) is 0.237. The molecule has 0 radical (unpaired) electrons. The molecular formula is C21H24N2O. The van der Waals surface area contributed by atoms with Crippen LogP contribution in [0.5, 0.6) is 0 Å². The van der Waals surface area contributed by atoms with Crippen LogP contribution in [-0.2, 0) is 24.2 Å². The van der Waals surface area contributed by atoms with Crippen LogP contribution in [0.4, 0.5) is 0 Å². The largest absolute Gasteiger partial charge is 0.354 e. The lowest BCUT2D eigenvalue weighted by Crippen LogP contribution is -2.39. The van der Waals surface area contributed by atoms with Crippen molar-refractivity contribution in [2.75, 3.05) is 19.6 Å². The van der Waals surface area contributed by atoms with Crippen molar-refractivity contribution in [3.63, 3.8) is 0 Å². The van der Waals surface area contributed by atoms with Crippen LogP contribution < -0.4 is 5.32 Å². The molecule has 0 aromatic heterocycles. The van der Waals surface area contributed by atoms with E-state index in [2.05, 4.69) is 52.7 Å². The van der Waals surface area contributed by atoms with Crippen LogP contribution in [0.1, 0.15) is 34.6 Å². The minimum atomic E-state index is 0.0447. The third-order valence-corrected chi connectivity index (χ3v) is 5.39. The predicted molar refractivity (Wildman–Crippen MR) is 95.9 cm³/mol. The van der Waals surface area contributed by atoms with Gasteiger partial charge >= 0.3 is 0 Å². The van der Waals surface area contributed by atoms with Gasteiger partial charge in [-0.25, -0.2) is 0 Å². The summed E-state index contributed by atoms with van der Waals surface area (Å²) < 4.78 is 0.